The third-order valence-electron chi connectivity index (χ3n) is 2.29. The number of carboxylic acid groups (broad SMARTS) is 1. The number of aryl methyl sites for hydroxylation is 1. The van der Waals surface area contributed by atoms with E-state index in [9.17, 15) is 9.59 Å². The molecule has 0 aliphatic carbocycles. The summed E-state index contributed by atoms with van der Waals surface area (Å²) in [6, 6.07) is 5.29. The van der Waals surface area contributed by atoms with Crippen LogP contribution in [0.15, 0.2) is 22.7 Å². The summed E-state index contributed by atoms with van der Waals surface area (Å²) in [7, 11) is 0. The van der Waals surface area contributed by atoms with Gasteiger partial charge in [0.15, 0.2) is 6.10 Å². The van der Waals surface area contributed by atoms with Gasteiger partial charge < -0.3 is 15.5 Å². The van der Waals surface area contributed by atoms with Crippen molar-refractivity contribution in [1.82, 2.24) is 5.32 Å². The lowest BCUT2D eigenvalue weighted by molar-refractivity contribution is -0.146. The predicted octanol–water partition coefficient (Wildman–Crippen LogP) is 1.32. The number of rotatable bonds is 5. The van der Waals surface area contributed by atoms with Crippen LogP contribution in [-0.4, -0.2) is 34.7 Å². The third-order valence-corrected chi connectivity index (χ3v) is 2.75. The third kappa shape index (κ3) is 4.46. The first kappa shape index (κ1) is 14.7. The first-order valence-corrected chi connectivity index (χ1v) is 6.15. The summed E-state index contributed by atoms with van der Waals surface area (Å²) in [6.07, 6.45) is -1.47. The molecule has 0 aliphatic heterocycles. The van der Waals surface area contributed by atoms with Crippen LogP contribution in [0, 0.1) is 6.92 Å². The highest BCUT2D eigenvalue weighted by molar-refractivity contribution is 9.10. The monoisotopic (exact) mass is 315 g/mol. The molecule has 1 atom stereocenters. The van der Waals surface area contributed by atoms with Gasteiger partial charge in [0, 0.05) is 23.0 Å². The average molecular weight is 316 g/mol. The van der Waals surface area contributed by atoms with Gasteiger partial charge in [-0.25, -0.2) is 4.79 Å². The highest BCUT2D eigenvalue weighted by Crippen LogP contribution is 2.15. The molecule has 0 radical (unpaired) electrons. The molecule has 1 aromatic rings. The molecule has 6 heteroatoms. The maximum atomic E-state index is 11.7. The molecule has 5 nitrogen and oxygen atoms in total. The molecule has 1 unspecified atom stereocenters. The van der Waals surface area contributed by atoms with Gasteiger partial charge in [-0.3, -0.25) is 4.79 Å². The maximum absolute atomic E-state index is 11.7. The Morgan fingerprint density at radius 1 is 1.39 bits per heavy atom. The molecule has 1 amide bonds. The fraction of sp³-hybridized carbons (Fsp3) is 0.333. The summed E-state index contributed by atoms with van der Waals surface area (Å²) >= 11 is 3.29. The molecule has 1 rings (SSSR count). The number of nitrogens with one attached hydrogen (secondary N) is 1. The van der Waals surface area contributed by atoms with E-state index in [0.29, 0.717) is 5.56 Å². The van der Waals surface area contributed by atoms with E-state index in [1.807, 2.05) is 13.0 Å². The number of hydrogen-bond donors (Lipinski definition) is 3. The molecule has 0 fully saturated rings. The molecular formula is C12H14BrNO4. The zero-order valence-corrected chi connectivity index (χ0v) is 11.4. The van der Waals surface area contributed by atoms with Crippen molar-refractivity contribution in [1.29, 1.82) is 0 Å². The van der Waals surface area contributed by atoms with Crippen LogP contribution in [0.1, 0.15) is 22.3 Å². The topological polar surface area (TPSA) is 86.6 Å². The number of halogens is 1. The van der Waals surface area contributed by atoms with Crippen molar-refractivity contribution in [3.63, 3.8) is 0 Å². The number of carboxylic acids is 1. The van der Waals surface area contributed by atoms with Crippen molar-refractivity contribution in [3.8, 4) is 0 Å². The number of carbonyl (C=O) groups is 2. The molecule has 18 heavy (non-hydrogen) atoms. The fourth-order valence-electron chi connectivity index (χ4n) is 1.42. The van der Waals surface area contributed by atoms with Gasteiger partial charge in [0.05, 0.1) is 0 Å². The molecule has 0 aliphatic rings. The Kier molecular flexibility index (Phi) is 5.30. The van der Waals surface area contributed by atoms with Gasteiger partial charge in [-0.1, -0.05) is 15.9 Å². The molecule has 0 spiro atoms. The molecule has 3 N–H and O–H groups in total. The average Bonchev–Trinajstić information content (AvgIpc) is 2.27. The first-order valence-electron chi connectivity index (χ1n) is 5.36. The van der Waals surface area contributed by atoms with E-state index in [1.54, 1.807) is 12.1 Å². The second-order valence-electron chi connectivity index (χ2n) is 3.92. The number of hydrogen-bond acceptors (Lipinski definition) is 3. The molecular weight excluding hydrogens is 302 g/mol. The van der Waals surface area contributed by atoms with Gasteiger partial charge in [0.25, 0.3) is 5.91 Å². The number of aliphatic hydroxyl groups excluding tert-OH is 1. The zero-order valence-electron chi connectivity index (χ0n) is 9.81. The van der Waals surface area contributed by atoms with Crippen LogP contribution in [0.2, 0.25) is 0 Å². The smallest absolute Gasteiger partial charge is 0.332 e. The summed E-state index contributed by atoms with van der Waals surface area (Å²) in [5.74, 6) is -1.58. The molecule has 1 aromatic carbocycles. The van der Waals surface area contributed by atoms with Crippen LogP contribution in [-0.2, 0) is 4.79 Å². The van der Waals surface area contributed by atoms with Gasteiger partial charge in [0.1, 0.15) is 0 Å². The quantitative estimate of drug-likeness (QED) is 0.765. The number of benzene rings is 1. The fourth-order valence-corrected chi connectivity index (χ4v) is 2.02. The van der Waals surface area contributed by atoms with Gasteiger partial charge in [-0.05, 0) is 30.7 Å². The SMILES string of the molecule is Cc1cc(Br)cc(C(=O)NCCC(O)C(=O)O)c1. The normalized spacial score (nSPS) is 11.9. The van der Waals surface area contributed by atoms with Crippen LogP contribution in [0.4, 0.5) is 0 Å². The minimum atomic E-state index is -1.45. The number of carbonyl (C=O) groups excluding carboxylic acids is 1. The largest absolute Gasteiger partial charge is 0.479 e. The Hall–Kier alpha value is -1.40. The van der Waals surface area contributed by atoms with Gasteiger partial charge in [0.2, 0.25) is 0 Å². The van der Waals surface area contributed by atoms with E-state index >= 15 is 0 Å². The van der Waals surface area contributed by atoms with Crippen LogP contribution in [0.5, 0.6) is 0 Å². The van der Waals surface area contributed by atoms with Crippen molar-refractivity contribution in [2.24, 2.45) is 0 Å². The molecule has 0 saturated carbocycles. The van der Waals surface area contributed by atoms with Gasteiger partial charge in [-0.15, -0.1) is 0 Å². The standard InChI is InChI=1S/C12H14BrNO4/c1-7-4-8(6-9(13)5-7)11(16)14-3-2-10(15)12(17)18/h4-6,10,15H,2-3H2,1H3,(H,14,16)(H,17,18). The van der Waals surface area contributed by atoms with Crippen molar-refractivity contribution in [3.05, 3.63) is 33.8 Å². The predicted molar refractivity (Wildman–Crippen MR) is 69.5 cm³/mol. The van der Waals surface area contributed by atoms with E-state index in [0.717, 1.165) is 10.0 Å². The Morgan fingerprint density at radius 2 is 2.06 bits per heavy atom. The van der Waals surface area contributed by atoms with Crippen molar-refractivity contribution < 1.29 is 19.8 Å². The van der Waals surface area contributed by atoms with Crippen molar-refractivity contribution in [2.45, 2.75) is 19.4 Å². The summed E-state index contributed by atoms with van der Waals surface area (Å²) in [4.78, 5) is 22.1. The number of aliphatic hydroxyl groups is 1. The lowest BCUT2D eigenvalue weighted by atomic mass is 10.1. The van der Waals surface area contributed by atoms with E-state index in [2.05, 4.69) is 21.2 Å². The Balaban J connectivity index is 2.53. The van der Waals surface area contributed by atoms with Gasteiger partial charge in [-0.2, -0.15) is 0 Å². The zero-order chi connectivity index (χ0) is 13.7. The van der Waals surface area contributed by atoms with Crippen LogP contribution in [0.3, 0.4) is 0 Å². The highest BCUT2D eigenvalue weighted by atomic mass is 79.9. The van der Waals surface area contributed by atoms with Crippen molar-refractivity contribution in [2.75, 3.05) is 6.54 Å². The Labute approximate surface area is 113 Å². The second kappa shape index (κ2) is 6.51. The minimum absolute atomic E-state index is 0.0198. The van der Waals surface area contributed by atoms with Crippen LogP contribution >= 0.6 is 15.9 Å². The maximum Gasteiger partial charge on any atom is 0.332 e. The van der Waals surface area contributed by atoms with E-state index in [-0.39, 0.29) is 18.9 Å². The lowest BCUT2D eigenvalue weighted by Crippen LogP contribution is -2.30. The van der Waals surface area contributed by atoms with E-state index in [1.165, 1.54) is 0 Å². The number of aliphatic carboxylic acids is 1. The summed E-state index contributed by atoms with van der Waals surface area (Å²) in [5, 5.41) is 20.1. The summed E-state index contributed by atoms with van der Waals surface area (Å²) in [6.45, 7) is 1.98. The van der Waals surface area contributed by atoms with Crippen molar-refractivity contribution >= 4 is 27.8 Å². The molecule has 0 aromatic heterocycles. The van der Waals surface area contributed by atoms with E-state index < -0.39 is 12.1 Å². The minimum Gasteiger partial charge on any atom is -0.479 e. The first-order chi connectivity index (χ1) is 8.40. The number of amides is 1. The molecule has 0 bridgehead atoms. The Bertz CT molecular complexity index is 441. The molecule has 98 valence electrons. The molecule has 0 heterocycles. The lowest BCUT2D eigenvalue weighted by Gasteiger charge is -2.08. The highest BCUT2D eigenvalue weighted by Gasteiger charge is 2.13. The van der Waals surface area contributed by atoms with Crippen LogP contribution < -0.4 is 5.32 Å². The van der Waals surface area contributed by atoms with Crippen LogP contribution in [0.25, 0.3) is 0 Å². The Morgan fingerprint density at radius 3 is 2.61 bits per heavy atom. The summed E-state index contributed by atoms with van der Waals surface area (Å²) < 4.78 is 0.804. The van der Waals surface area contributed by atoms with E-state index in [4.69, 9.17) is 10.2 Å². The summed E-state index contributed by atoms with van der Waals surface area (Å²) in [5.41, 5.74) is 1.44. The second-order valence-corrected chi connectivity index (χ2v) is 4.83. The van der Waals surface area contributed by atoms with Gasteiger partial charge >= 0.3 is 5.97 Å². The molecule has 0 saturated heterocycles.